The first-order valence-corrected chi connectivity index (χ1v) is 8.16. The van der Waals surface area contributed by atoms with Gasteiger partial charge in [-0.15, -0.1) is 0 Å². The van der Waals surface area contributed by atoms with Gasteiger partial charge in [-0.3, -0.25) is 4.79 Å². The fourth-order valence-electron chi connectivity index (χ4n) is 2.84. The predicted molar refractivity (Wildman–Crippen MR) is 86.0 cm³/mol. The van der Waals surface area contributed by atoms with Crippen LogP contribution in [0.3, 0.4) is 0 Å². The number of hydrogen-bond donors (Lipinski definition) is 0. The van der Waals surface area contributed by atoms with Crippen LogP contribution in [0.2, 0.25) is 0 Å². The smallest absolute Gasteiger partial charge is 0.253 e. The van der Waals surface area contributed by atoms with E-state index < -0.39 is 0 Å². The van der Waals surface area contributed by atoms with Crippen molar-refractivity contribution in [1.29, 1.82) is 0 Å². The Labute approximate surface area is 130 Å². The van der Waals surface area contributed by atoms with Crippen LogP contribution in [0.15, 0.2) is 28.7 Å². The number of halogens is 1. The molecule has 110 valence electrons. The molecule has 0 atom stereocenters. The van der Waals surface area contributed by atoms with Gasteiger partial charge in [-0.2, -0.15) is 0 Å². The predicted octanol–water partition coefficient (Wildman–Crippen LogP) is 3.40. The van der Waals surface area contributed by atoms with Crippen molar-refractivity contribution >= 4 is 21.8 Å². The minimum absolute atomic E-state index is 0.125. The molecular formula is C16H23BrN2O. The molecule has 1 heterocycles. The highest BCUT2D eigenvalue weighted by molar-refractivity contribution is 9.10. The Morgan fingerprint density at radius 3 is 2.70 bits per heavy atom. The summed E-state index contributed by atoms with van der Waals surface area (Å²) in [6.07, 6.45) is 3.37. The van der Waals surface area contributed by atoms with Gasteiger partial charge in [0.25, 0.3) is 5.91 Å². The van der Waals surface area contributed by atoms with Gasteiger partial charge in [-0.25, -0.2) is 0 Å². The molecule has 1 amide bonds. The Kier molecular flexibility index (Phi) is 5.61. The third kappa shape index (κ3) is 3.83. The van der Waals surface area contributed by atoms with Crippen LogP contribution >= 0.6 is 15.9 Å². The molecule has 3 nitrogen and oxygen atoms in total. The fourth-order valence-corrected chi connectivity index (χ4v) is 3.24. The summed E-state index contributed by atoms with van der Waals surface area (Å²) in [5.41, 5.74) is 0.762. The van der Waals surface area contributed by atoms with Crippen LogP contribution in [0.4, 0.5) is 0 Å². The molecule has 1 aromatic rings. The van der Waals surface area contributed by atoms with Crippen molar-refractivity contribution in [2.45, 2.75) is 32.2 Å². The maximum Gasteiger partial charge on any atom is 0.253 e. The largest absolute Gasteiger partial charge is 0.339 e. The molecule has 0 unspecified atom stereocenters. The van der Waals surface area contributed by atoms with Crippen molar-refractivity contribution in [3.8, 4) is 0 Å². The van der Waals surface area contributed by atoms with Crippen molar-refractivity contribution in [2.75, 3.05) is 26.7 Å². The summed E-state index contributed by atoms with van der Waals surface area (Å²) in [5, 5.41) is 0. The molecule has 4 heteroatoms. The molecular weight excluding hydrogens is 316 g/mol. The second kappa shape index (κ2) is 7.23. The van der Waals surface area contributed by atoms with Gasteiger partial charge >= 0.3 is 0 Å². The maximum absolute atomic E-state index is 12.5. The maximum atomic E-state index is 12.5. The SMILES string of the molecule is CCCN1CCC(N(C)C(=O)c2cccc(Br)c2)CC1. The van der Waals surface area contributed by atoms with Gasteiger partial charge in [0, 0.05) is 36.2 Å². The molecule has 20 heavy (non-hydrogen) atoms. The lowest BCUT2D eigenvalue weighted by atomic mass is 10.0. The Bertz CT molecular complexity index is 456. The van der Waals surface area contributed by atoms with E-state index in [9.17, 15) is 4.79 Å². The molecule has 0 bridgehead atoms. The number of rotatable bonds is 4. The van der Waals surface area contributed by atoms with E-state index in [0.717, 1.165) is 36.0 Å². The van der Waals surface area contributed by atoms with Crippen LogP contribution < -0.4 is 0 Å². The van der Waals surface area contributed by atoms with E-state index in [1.165, 1.54) is 13.0 Å². The summed E-state index contributed by atoms with van der Waals surface area (Å²) in [6.45, 7) is 5.61. The summed E-state index contributed by atoms with van der Waals surface area (Å²) in [7, 11) is 1.93. The lowest BCUT2D eigenvalue weighted by molar-refractivity contribution is 0.0642. The quantitative estimate of drug-likeness (QED) is 0.839. The fraction of sp³-hybridized carbons (Fsp3) is 0.562. The molecule has 1 fully saturated rings. The molecule has 2 rings (SSSR count). The summed E-state index contributed by atoms with van der Waals surface area (Å²) in [4.78, 5) is 16.9. The molecule has 0 N–H and O–H groups in total. The highest BCUT2D eigenvalue weighted by Gasteiger charge is 2.25. The number of carbonyl (C=O) groups excluding carboxylic acids is 1. The lowest BCUT2D eigenvalue weighted by Gasteiger charge is -2.36. The second-order valence-corrected chi connectivity index (χ2v) is 6.41. The average molecular weight is 339 g/mol. The number of amides is 1. The van der Waals surface area contributed by atoms with Gasteiger partial charge in [-0.05, 0) is 44.0 Å². The van der Waals surface area contributed by atoms with Crippen LogP contribution in [-0.2, 0) is 0 Å². The number of carbonyl (C=O) groups is 1. The van der Waals surface area contributed by atoms with Crippen molar-refractivity contribution in [2.24, 2.45) is 0 Å². The van der Waals surface area contributed by atoms with Gasteiger partial charge in [0.1, 0.15) is 0 Å². The number of likely N-dealkylation sites (tertiary alicyclic amines) is 1. The molecule has 0 saturated carbocycles. The minimum Gasteiger partial charge on any atom is -0.339 e. The average Bonchev–Trinajstić information content (AvgIpc) is 2.47. The highest BCUT2D eigenvalue weighted by Crippen LogP contribution is 2.19. The molecule has 1 aliphatic rings. The van der Waals surface area contributed by atoms with Crippen LogP contribution in [0.5, 0.6) is 0 Å². The number of benzene rings is 1. The normalized spacial score (nSPS) is 17.1. The Morgan fingerprint density at radius 1 is 1.40 bits per heavy atom. The molecule has 1 aromatic carbocycles. The van der Waals surface area contributed by atoms with Crippen molar-refractivity contribution in [1.82, 2.24) is 9.80 Å². The van der Waals surface area contributed by atoms with E-state index in [2.05, 4.69) is 27.8 Å². The number of nitrogens with zero attached hydrogens (tertiary/aromatic N) is 2. The van der Waals surface area contributed by atoms with Crippen molar-refractivity contribution in [3.05, 3.63) is 34.3 Å². The number of piperidine rings is 1. The molecule has 0 aromatic heterocycles. The van der Waals surface area contributed by atoms with E-state index in [-0.39, 0.29) is 5.91 Å². The Hall–Kier alpha value is -0.870. The highest BCUT2D eigenvalue weighted by atomic mass is 79.9. The first-order chi connectivity index (χ1) is 9.61. The van der Waals surface area contributed by atoms with Crippen LogP contribution in [-0.4, -0.2) is 48.4 Å². The lowest BCUT2D eigenvalue weighted by Crippen LogP contribution is -2.45. The van der Waals surface area contributed by atoms with E-state index in [0.29, 0.717) is 6.04 Å². The monoisotopic (exact) mass is 338 g/mol. The molecule has 0 radical (unpaired) electrons. The Morgan fingerprint density at radius 2 is 2.10 bits per heavy atom. The summed E-state index contributed by atoms with van der Waals surface area (Å²) >= 11 is 3.42. The van der Waals surface area contributed by atoms with Crippen LogP contribution in [0.1, 0.15) is 36.5 Å². The van der Waals surface area contributed by atoms with Gasteiger partial charge in [0.2, 0.25) is 0 Å². The standard InChI is InChI=1S/C16H23BrN2O/c1-3-9-19-10-7-15(8-11-19)18(2)16(20)13-5-4-6-14(17)12-13/h4-6,12,15H,3,7-11H2,1-2H3. The van der Waals surface area contributed by atoms with Crippen LogP contribution in [0, 0.1) is 0 Å². The first-order valence-electron chi connectivity index (χ1n) is 7.37. The summed E-state index contributed by atoms with van der Waals surface area (Å²) in [6, 6.07) is 8.00. The number of hydrogen-bond acceptors (Lipinski definition) is 2. The third-order valence-corrected chi connectivity index (χ3v) is 4.53. The molecule has 1 aliphatic heterocycles. The van der Waals surface area contributed by atoms with Gasteiger partial charge < -0.3 is 9.80 Å². The van der Waals surface area contributed by atoms with Gasteiger partial charge in [0.05, 0.1) is 0 Å². The minimum atomic E-state index is 0.125. The van der Waals surface area contributed by atoms with E-state index in [4.69, 9.17) is 0 Å². The molecule has 1 saturated heterocycles. The summed E-state index contributed by atoms with van der Waals surface area (Å²) < 4.78 is 0.953. The molecule has 0 spiro atoms. The van der Waals surface area contributed by atoms with Crippen molar-refractivity contribution in [3.63, 3.8) is 0 Å². The van der Waals surface area contributed by atoms with E-state index in [1.54, 1.807) is 0 Å². The zero-order chi connectivity index (χ0) is 14.5. The van der Waals surface area contributed by atoms with Crippen molar-refractivity contribution < 1.29 is 4.79 Å². The topological polar surface area (TPSA) is 23.6 Å². The van der Waals surface area contributed by atoms with E-state index in [1.807, 2.05) is 36.2 Å². The zero-order valence-electron chi connectivity index (χ0n) is 12.3. The first kappa shape index (κ1) is 15.5. The third-order valence-electron chi connectivity index (χ3n) is 4.04. The summed E-state index contributed by atoms with van der Waals surface area (Å²) in [5.74, 6) is 0.125. The van der Waals surface area contributed by atoms with Gasteiger partial charge in [0.15, 0.2) is 0 Å². The Balaban J connectivity index is 1.95. The zero-order valence-corrected chi connectivity index (χ0v) is 13.9. The second-order valence-electron chi connectivity index (χ2n) is 5.50. The van der Waals surface area contributed by atoms with E-state index >= 15 is 0 Å². The van der Waals surface area contributed by atoms with Gasteiger partial charge in [-0.1, -0.05) is 28.9 Å². The molecule has 0 aliphatic carbocycles. The van der Waals surface area contributed by atoms with Crippen LogP contribution in [0.25, 0.3) is 0 Å².